The molecule has 0 unspecified atom stereocenters. The highest BCUT2D eigenvalue weighted by Gasteiger charge is 2.22. The van der Waals surface area contributed by atoms with E-state index in [0.717, 1.165) is 38.1 Å². The van der Waals surface area contributed by atoms with E-state index in [1.165, 1.54) is 0 Å². The van der Waals surface area contributed by atoms with E-state index in [4.69, 9.17) is 0 Å². The van der Waals surface area contributed by atoms with Gasteiger partial charge in [0.25, 0.3) is 0 Å². The van der Waals surface area contributed by atoms with Crippen molar-refractivity contribution in [2.45, 2.75) is 24.3 Å². The SMILES string of the molecule is CN(C)c1nc(CNS(=O)(=O)c2cc(F)ccc2F)nc(N2CCCC2)n1. The predicted molar refractivity (Wildman–Crippen MR) is 96.0 cm³/mol. The Kier molecular flexibility index (Phi) is 5.51. The van der Waals surface area contributed by atoms with Crippen molar-refractivity contribution in [3.8, 4) is 0 Å². The maximum Gasteiger partial charge on any atom is 0.243 e. The Morgan fingerprint density at radius 2 is 1.85 bits per heavy atom. The molecule has 0 atom stereocenters. The number of nitrogens with one attached hydrogen (secondary N) is 1. The topological polar surface area (TPSA) is 91.3 Å². The van der Waals surface area contributed by atoms with Gasteiger partial charge in [-0.15, -0.1) is 0 Å². The lowest BCUT2D eigenvalue weighted by Crippen LogP contribution is -2.28. The van der Waals surface area contributed by atoms with Crippen LogP contribution in [0.1, 0.15) is 18.7 Å². The molecule has 0 radical (unpaired) electrons. The van der Waals surface area contributed by atoms with Crippen LogP contribution < -0.4 is 14.5 Å². The van der Waals surface area contributed by atoms with Crippen molar-refractivity contribution in [2.24, 2.45) is 0 Å². The van der Waals surface area contributed by atoms with Gasteiger partial charge in [0.05, 0.1) is 6.54 Å². The van der Waals surface area contributed by atoms with Crippen molar-refractivity contribution in [3.63, 3.8) is 0 Å². The Morgan fingerprint density at radius 3 is 2.52 bits per heavy atom. The number of hydrogen-bond acceptors (Lipinski definition) is 7. The van der Waals surface area contributed by atoms with Crippen molar-refractivity contribution in [3.05, 3.63) is 35.7 Å². The molecule has 0 aliphatic carbocycles. The van der Waals surface area contributed by atoms with Gasteiger partial charge in [-0.3, -0.25) is 0 Å². The average molecular weight is 398 g/mol. The van der Waals surface area contributed by atoms with E-state index in [1.54, 1.807) is 19.0 Å². The van der Waals surface area contributed by atoms with Gasteiger partial charge in [0.15, 0.2) is 5.82 Å². The first-order valence-corrected chi connectivity index (χ1v) is 9.86. The van der Waals surface area contributed by atoms with Crippen LogP contribution in [0.15, 0.2) is 23.1 Å². The van der Waals surface area contributed by atoms with E-state index in [2.05, 4.69) is 19.7 Å². The molecule has 3 rings (SSSR count). The van der Waals surface area contributed by atoms with Crippen LogP contribution in [-0.2, 0) is 16.6 Å². The molecule has 0 saturated carbocycles. The second-order valence-corrected chi connectivity index (χ2v) is 8.07. The van der Waals surface area contributed by atoms with Crippen molar-refractivity contribution in [1.82, 2.24) is 19.7 Å². The van der Waals surface area contributed by atoms with Gasteiger partial charge >= 0.3 is 0 Å². The van der Waals surface area contributed by atoms with Gasteiger partial charge < -0.3 is 9.80 Å². The fraction of sp³-hybridized carbons (Fsp3) is 0.438. The first-order valence-electron chi connectivity index (χ1n) is 8.38. The van der Waals surface area contributed by atoms with E-state index >= 15 is 0 Å². The summed E-state index contributed by atoms with van der Waals surface area (Å²) in [5.41, 5.74) is 0. The standard InChI is InChI=1S/C16H20F2N6O2S/c1-23(2)15-20-14(21-16(22-15)24-7-3-4-8-24)10-19-27(25,26)13-9-11(17)5-6-12(13)18/h5-6,9,19H,3-4,7-8,10H2,1-2H3. The predicted octanol–water partition coefficient (Wildman–Crippen LogP) is 1.29. The summed E-state index contributed by atoms with van der Waals surface area (Å²) in [7, 11) is -0.743. The number of halogens is 2. The molecular formula is C16H20F2N6O2S. The fourth-order valence-electron chi connectivity index (χ4n) is 2.65. The molecule has 1 saturated heterocycles. The number of benzene rings is 1. The van der Waals surface area contributed by atoms with Crippen molar-refractivity contribution < 1.29 is 17.2 Å². The third-order valence-electron chi connectivity index (χ3n) is 4.05. The smallest absolute Gasteiger partial charge is 0.243 e. The van der Waals surface area contributed by atoms with Gasteiger partial charge in [-0.1, -0.05) is 0 Å². The molecule has 0 amide bonds. The number of sulfonamides is 1. The molecule has 2 heterocycles. The summed E-state index contributed by atoms with van der Waals surface area (Å²) in [5.74, 6) is -0.833. The summed E-state index contributed by atoms with van der Waals surface area (Å²) in [6.07, 6.45) is 2.06. The Balaban J connectivity index is 1.85. The third-order valence-corrected chi connectivity index (χ3v) is 5.47. The molecule has 1 aliphatic rings. The second-order valence-electron chi connectivity index (χ2n) is 6.34. The van der Waals surface area contributed by atoms with Crippen molar-refractivity contribution >= 4 is 21.9 Å². The second kappa shape index (κ2) is 7.69. The van der Waals surface area contributed by atoms with Crippen LogP contribution in [0, 0.1) is 11.6 Å². The fourth-order valence-corrected chi connectivity index (χ4v) is 3.72. The molecule has 1 N–H and O–H groups in total. The van der Waals surface area contributed by atoms with Gasteiger partial charge in [0.2, 0.25) is 21.9 Å². The number of aromatic nitrogens is 3. The normalized spacial score (nSPS) is 14.6. The van der Waals surface area contributed by atoms with Gasteiger partial charge in [-0.05, 0) is 31.0 Å². The summed E-state index contributed by atoms with van der Waals surface area (Å²) in [6.45, 7) is 1.36. The Bertz CT molecular complexity index is 933. The van der Waals surface area contributed by atoms with E-state index in [9.17, 15) is 17.2 Å². The lowest BCUT2D eigenvalue weighted by Gasteiger charge is -2.19. The average Bonchev–Trinajstić information content (AvgIpc) is 3.16. The molecule has 1 aromatic carbocycles. The first-order chi connectivity index (χ1) is 12.8. The van der Waals surface area contributed by atoms with E-state index in [1.807, 2.05) is 4.90 Å². The molecule has 11 heteroatoms. The van der Waals surface area contributed by atoms with Crippen LogP contribution in [0.4, 0.5) is 20.7 Å². The van der Waals surface area contributed by atoms with E-state index in [0.29, 0.717) is 18.0 Å². The zero-order valence-electron chi connectivity index (χ0n) is 15.0. The van der Waals surface area contributed by atoms with Crippen LogP contribution in [-0.4, -0.2) is 50.6 Å². The van der Waals surface area contributed by atoms with Crippen LogP contribution in [0.25, 0.3) is 0 Å². The highest BCUT2D eigenvalue weighted by Crippen LogP contribution is 2.19. The third kappa shape index (κ3) is 4.48. The van der Waals surface area contributed by atoms with Crippen LogP contribution >= 0.6 is 0 Å². The van der Waals surface area contributed by atoms with Gasteiger partial charge in [0.1, 0.15) is 16.5 Å². The Labute approximate surface area is 156 Å². The number of rotatable bonds is 6. The lowest BCUT2D eigenvalue weighted by molar-refractivity contribution is 0.544. The van der Waals surface area contributed by atoms with Gasteiger partial charge in [-0.25, -0.2) is 21.9 Å². The highest BCUT2D eigenvalue weighted by atomic mass is 32.2. The zero-order chi connectivity index (χ0) is 19.6. The molecule has 1 aliphatic heterocycles. The van der Waals surface area contributed by atoms with E-state index < -0.39 is 26.6 Å². The lowest BCUT2D eigenvalue weighted by atomic mass is 10.3. The highest BCUT2D eigenvalue weighted by molar-refractivity contribution is 7.89. The minimum Gasteiger partial charge on any atom is -0.347 e. The molecule has 0 bridgehead atoms. The summed E-state index contributed by atoms with van der Waals surface area (Å²) in [6, 6.07) is 2.25. The van der Waals surface area contributed by atoms with E-state index in [-0.39, 0.29) is 12.4 Å². The summed E-state index contributed by atoms with van der Waals surface area (Å²) >= 11 is 0. The molecule has 1 fully saturated rings. The summed E-state index contributed by atoms with van der Waals surface area (Å²) in [5, 5.41) is 0. The summed E-state index contributed by atoms with van der Waals surface area (Å²) < 4.78 is 54.0. The van der Waals surface area contributed by atoms with Crippen molar-refractivity contribution in [1.29, 1.82) is 0 Å². The Morgan fingerprint density at radius 1 is 1.15 bits per heavy atom. The number of nitrogens with zero attached hydrogens (tertiary/aromatic N) is 5. The molecule has 0 spiro atoms. The minimum atomic E-state index is -4.27. The van der Waals surface area contributed by atoms with Gasteiger partial charge in [0, 0.05) is 27.2 Å². The molecule has 146 valence electrons. The zero-order valence-corrected chi connectivity index (χ0v) is 15.8. The molecule has 8 nitrogen and oxygen atoms in total. The Hall–Kier alpha value is -2.40. The van der Waals surface area contributed by atoms with Crippen LogP contribution in [0.2, 0.25) is 0 Å². The minimum absolute atomic E-state index is 0.191. The van der Waals surface area contributed by atoms with Gasteiger partial charge in [-0.2, -0.15) is 15.0 Å². The number of anilines is 2. The molecule has 1 aromatic heterocycles. The quantitative estimate of drug-likeness (QED) is 0.784. The summed E-state index contributed by atoms with van der Waals surface area (Å²) in [4.78, 5) is 15.9. The molecule has 27 heavy (non-hydrogen) atoms. The monoisotopic (exact) mass is 398 g/mol. The molecule has 2 aromatic rings. The van der Waals surface area contributed by atoms with Crippen molar-refractivity contribution in [2.75, 3.05) is 37.0 Å². The number of hydrogen-bond donors (Lipinski definition) is 1. The van der Waals surface area contributed by atoms with Crippen LogP contribution in [0.5, 0.6) is 0 Å². The maximum atomic E-state index is 13.8. The van der Waals surface area contributed by atoms with Crippen LogP contribution in [0.3, 0.4) is 0 Å². The largest absolute Gasteiger partial charge is 0.347 e. The maximum absolute atomic E-state index is 13.8. The first kappa shape index (κ1) is 19.4. The molecular weight excluding hydrogens is 378 g/mol.